The summed E-state index contributed by atoms with van der Waals surface area (Å²) >= 11 is 1.22. The fourth-order valence-electron chi connectivity index (χ4n) is 3.76. The Labute approximate surface area is 193 Å². The Morgan fingerprint density at radius 3 is 2.97 bits per heavy atom. The van der Waals surface area contributed by atoms with Crippen LogP contribution in [0, 0.1) is 11.7 Å². The average molecular weight is 473 g/mol. The first-order valence-electron chi connectivity index (χ1n) is 10.9. The lowest BCUT2D eigenvalue weighted by Crippen LogP contribution is -2.43. The number of carbonyl (C=O) groups excluding carboxylic acids is 2. The van der Waals surface area contributed by atoms with Crippen LogP contribution in [0.15, 0.2) is 35.4 Å². The van der Waals surface area contributed by atoms with E-state index in [0.29, 0.717) is 34.3 Å². The van der Waals surface area contributed by atoms with Gasteiger partial charge in [0.25, 0.3) is 5.56 Å². The van der Waals surface area contributed by atoms with Gasteiger partial charge < -0.3 is 15.5 Å². The molecule has 1 fully saturated rings. The number of fused-ring (bicyclic) bond motifs is 1. The van der Waals surface area contributed by atoms with Crippen LogP contribution >= 0.6 is 11.3 Å². The Balaban J connectivity index is 1.48. The van der Waals surface area contributed by atoms with Crippen LogP contribution in [-0.2, 0) is 16.1 Å². The van der Waals surface area contributed by atoms with Gasteiger partial charge >= 0.3 is 0 Å². The number of piperidine rings is 1. The highest BCUT2D eigenvalue weighted by atomic mass is 32.1. The van der Waals surface area contributed by atoms with Gasteiger partial charge in [-0.05, 0) is 37.5 Å². The van der Waals surface area contributed by atoms with Crippen molar-refractivity contribution in [3.63, 3.8) is 0 Å². The van der Waals surface area contributed by atoms with Crippen LogP contribution in [0.5, 0.6) is 0 Å². The fraction of sp³-hybridized carbons (Fsp3) is 0.409. The summed E-state index contributed by atoms with van der Waals surface area (Å²) in [5.41, 5.74) is 0.261. The summed E-state index contributed by atoms with van der Waals surface area (Å²) in [5, 5.41) is 6.16. The Bertz CT molecular complexity index is 1230. The van der Waals surface area contributed by atoms with E-state index in [9.17, 15) is 18.8 Å². The number of carbonyl (C=O) groups is 2. The molecule has 0 saturated carbocycles. The number of thiazole rings is 1. The lowest BCUT2D eigenvalue weighted by Gasteiger charge is -2.31. The second-order valence-electron chi connectivity index (χ2n) is 7.96. The number of nitrogens with zero attached hydrogens (tertiary/aromatic N) is 4. The predicted octanol–water partition coefficient (Wildman–Crippen LogP) is 2.37. The van der Waals surface area contributed by atoms with Crippen molar-refractivity contribution < 1.29 is 14.0 Å². The molecule has 4 rings (SSSR count). The number of hydrogen-bond acceptors (Lipinski definition) is 7. The van der Waals surface area contributed by atoms with E-state index in [-0.39, 0.29) is 23.9 Å². The molecular formula is C22H25FN6O3S. The summed E-state index contributed by atoms with van der Waals surface area (Å²) in [6.45, 7) is 3.71. The van der Waals surface area contributed by atoms with Crippen molar-refractivity contribution in [3.8, 4) is 0 Å². The molecule has 0 radical (unpaired) electrons. The summed E-state index contributed by atoms with van der Waals surface area (Å²) in [4.78, 5) is 48.4. The first-order chi connectivity index (χ1) is 15.9. The van der Waals surface area contributed by atoms with Gasteiger partial charge in [0.15, 0.2) is 10.8 Å². The molecular weight excluding hydrogens is 447 g/mol. The maximum Gasteiger partial charge on any atom is 0.273 e. The highest BCUT2D eigenvalue weighted by Crippen LogP contribution is 2.29. The molecule has 1 unspecified atom stereocenters. The minimum atomic E-state index is -0.467. The van der Waals surface area contributed by atoms with E-state index in [0.717, 1.165) is 25.8 Å². The van der Waals surface area contributed by atoms with E-state index in [1.165, 1.54) is 40.4 Å². The zero-order chi connectivity index (χ0) is 23.4. The lowest BCUT2D eigenvalue weighted by molar-refractivity contribution is -0.125. The van der Waals surface area contributed by atoms with Crippen molar-refractivity contribution in [2.45, 2.75) is 32.7 Å². The van der Waals surface area contributed by atoms with E-state index in [1.807, 2.05) is 11.8 Å². The number of aromatic nitrogens is 3. The maximum absolute atomic E-state index is 13.3. The van der Waals surface area contributed by atoms with Crippen LogP contribution in [-0.4, -0.2) is 46.0 Å². The highest BCUT2D eigenvalue weighted by Gasteiger charge is 2.27. The SMILES string of the molecule is CCCNC(=O)C1CCCN(c2nc3ncn(CC(=O)Nc4cccc(F)c4)c(=O)c3s2)C1. The van der Waals surface area contributed by atoms with Crippen molar-refractivity contribution in [1.29, 1.82) is 0 Å². The molecule has 174 valence electrons. The average Bonchev–Trinajstić information content (AvgIpc) is 3.25. The van der Waals surface area contributed by atoms with Crippen molar-refractivity contribution in [3.05, 3.63) is 46.8 Å². The number of benzene rings is 1. The summed E-state index contributed by atoms with van der Waals surface area (Å²) in [6, 6.07) is 5.53. The van der Waals surface area contributed by atoms with Crippen LogP contribution in [0.1, 0.15) is 26.2 Å². The first kappa shape index (κ1) is 22.8. The Morgan fingerprint density at radius 1 is 1.33 bits per heavy atom. The molecule has 3 aromatic rings. The van der Waals surface area contributed by atoms with Gasteiger partial charge in [-0.3, -0.25) is 19.0 Å². The van der Waals surface area contributed by atoms with Gasteiger partial charge in [-0.25, -0.2) is 9.37 Å². The predicted molar refractivity (Wildman–Crippen MR) is 125 cm³/mol. The van der Waals surface area contributed by atoms with E-state index < -0.39 is 11.7 Å². The number of anilines is 2. The Morgan fingerprint density at radius 2 is 2.18 bits per heavy atom. The molecule has 0 bridgehead atoms. The van der Waals surface area contributed by atoms with E-state index in [2.05, 4.69) is 20.6 Å². The molecule has 1 aliphatic heterocycles. The fourth-order valence-corrected chi connectivity index (χ4v) is 4.77. The quantitative estimate of drug-likeness (QED) is 0.547. The second-order valence-corrected chi connectivity index (χ2v) is 8.94. The number of hydrogen-bond donors (Lipinski definition) is 2. The molecule has 1 aromatic carbocycles. The lowest BCUT2D eigenvalue weighted by atomic mass is 9.97. The van der Waals surface area contributed by atoms with Gasteiger partial charge in [0.1, 0.15) is 23.4 Å². The molecule has 1 aliphatic rings. The standard InChI is InChI=1S/C22H25FN6O3S/c1-2-8-24-20(31)14-5-4-9-28(11-14)22-27-19-18(33-22)21(32)29(13-25-19)12-17(30)26-16-7-3-6-15(23)10-16/h3,6-7,10,13-14H,2,4-5,8-9,11-12H2,1H3,(H,24,31)(H,26,30). The number of nitrogens with one attached hydrogen (secondary N) is 2. The monoisotopic (exact) mass is 472 g/mol. The first-order valence-corrected chi connectivity index (χ1v) is 11.7. The second kappa shape index (κ2) is 10.1. The third kappa shape index (κ3) is 5.36. The zero-order valence-electron chi connectivity index (χ0n) is 18.2. The summed E-state index contributed by atoms with van der Waals surface area (Å²) in [7, 11) is 0. The Kier molecular flexibility index (Phi) is 6.97. The summed E-state index contributed by atoms with van der Waals surface area (Å²) < 4.78 is 14.9. The molecule has 0 aliphatic carbocycles. The van der Waals surface area contributed by atoms with Crippen LogP contribution < -0.4 is 21.1 Å². The third-order valence-electron chi connectivity index (χ3n) is 5.41. The molecule has 2 amide bonds. The molecule has 1 saturated heterocycles. The summed E-state index contributed by atoms with van der Waals surface area (Å²) in [5.74, 6) is -1.00. The molecule has 2 aromatic heterocycles. The number of rotatable bonds is 7. The van der Waals surface area contributed by atoms with Crippen molar-refractivity contribution in [2.24, 2.45) is 5.92 Å². The van der Waals surface area contributed by atoms with Gasteiger partial charge in [0.05, 0.1) is 5.92 Å². The molecule has 9 nitrogen and oxygen atoms in total. The zero-order valence-corrected chi connectivity index (χ0v) is 19.0. The van der Waals surface area contributed by atoms with Gasteiger partial charge in [0.2, 0.25) is 11.8 Å². The largest absolute Gasteiger partial charge is 0.356 e. The molecule has 0 spiro atoms. The van der Waals surface area contributed by atoms with Gasteiger partial charge in [-0.15, -0.1) is 0 Å². The Hall–Kier alpha value is -3.34. The van der Waals surface area contributed by atoms with Gasteiger partial charge in [-0.1, -0.05) is 24.3 Å². The third-order valence-corrected chi connectivity index (χ3v) is 6.50. The van der Waals surface area contributed by atoms with Crippen molar-refractivity contribution >= 4 is 44.3 Å². The van der Waals surface area contributed by atoms with E-state index >= 15 is 0 Å². The minimum absolute atomic E-state index is 0.0486. The molecule has 2 N–H and O–H groups in total. The molecule has 11 heteroatoms. The molecule has 3 heterocycles. The van der Waals surface area contributed by atoms with Crippen LogP contribution in [0.25, 0.3) is 10.3 Å². The van der Waals surface area contributed by atoms with E-state index in [4.69, 9.17) is 0 Å². The smallest absolute Gasteiger partial charge is 0.273 e. The van der Waals surface area contributed by atoms with Gasteiger partial charge in [-0.2, -0.15) is 4.98 Å². The normalized spacial score (nSPS) is 16.1. The number of amides is 2. The molecule has 33 heavy (non-hydrogen) atoms. The van der Waals surface area contributed by atoms with E-state index in [1.54, 1.807) is 6.07 Å². The van der Waals surface area contributed by atoms with Gasteiger partial charge in [0, 0.05) is 25.3 Å². The minimum Gasteiger partial charge on any atom is -0.356 e. The summed E-state index contributed by atoms with van der Waals surface area (Å²) in [6.07, 6.45) is 3.86. The maximum atomic E-state index is 13.3. The molecule has 1 atom stereocenters. The highest BCUT2D eigenvalue weighted by molar-refractivity contribution is 7.22. The van der Waals surface area contributed by atoms with Crippen LogP contribution in [0.4, 0.5) is 15.2 Å². The van der Waals surface area contributed by atoms with Crippen molar-refractivity contribution in [1.82, 2.24) is 19.9 Å². The van der Waals surface area contributed by atoms with Crippen LogP contribution in [0.2, 0.25) is 0 Å². The van der Waals surface area contributed by atoms with Crippen molar-refractivity contribution in [2.75, 3.05) is 29.9 Å². The number of halogens is 1. The van der Waals surface area contributed by atoms with Crippen LogP contribution in [0.3, 0.4) is 0 Å². The topological polar surface area (TPSA) is 109 Å².